The van der Waals surface area contributed by atoms with Crippen LogP contribution in [0.5, 0.6) is 0 Å². The molecular weight excluding hydrogens is 230 g/mol. The van der Waals surface area contributed by atoms with Crippen LogP contribution in [0.15, 0.2) is 12.1 Å². The Bertz CT molecular complexity index is 381. The Morgan fingerprint density at radius 3 is 2.11 bits per heavy atom. The average Bonchev–Trinajstić information content (AvgIpc) is 2.34. The molecule has 1 aromatic rings. The van der Waals surface area contributed by atoms with Crippen LogP contribution in [0, 0.1) is 17.6 Å². The molecule has 0 aromatic heterocycles. The van der Waals surface area contributed by atoms with Gasteiger partial charge < -0.3 is 0 Å². The van der Waals surface area contributed by atoms with Crippen LogP contribution in [-0.2, 0) is 6.42 Å². The summed E-state index contributed by atoms with van der Waals surface area (Å²) in [6.45, 7) is 4.19. The van der Waals surface area contributed by atoms with Crippen molar-refractivity contribution in [1.29, 1.82) is 0 Å². The molecule has 0 atom stereocenters. The first kappa shape index (κ1) is 13.5. The Labute approximate surface area is 108 Å². The predicted octanol–water partition coefficient (Wildman–Crippen LogP) is 5.21. The Hall–Kier alpha value is -0.920. The number of halogens is 2. The first-order valence-electron chi connectivity index (χ1n) is 7.09. The van der Waals surface area contributed by atoms with Gasteiger partial charge in [-0.15, -0.1) is 0 Å². The molecule has 0 heterocycles. The summed E-state index contributed by atoms with van der Waals surface area (Å²) >= 11 is 0. The van der Waals surface area contributed by atoms with E-state index in [0.717, 1.165) is 30.7 Å². The van der Waals surface area contributed by atoms with Crippen LogP contribution in [0.4, 0.5) is 8.78 Å². The quantitative estimate of drug-likeness (QED) is 0.692. The SMILES string of the molecule is CCCc1c(F)cc(C2CCC(C)CC2)cc1F. The lowest BCUT2D eigenvalue weighted by molar-refractivity contribution is 0.346. The topological polar surface area (TPSA) is 0 Å². The van der Waals surface area contributed by atoms with Crippen molar-refractivity contribution in [2.75, 3.05) is 0 Å². The largest absolute Gasteiger partial charge is 0.207 e. The molecule has 0 unspecified atom stereocenters. The fraction of sp³-hybridized carbons (Fsp3) is 0.625. The lowest BCUT2D eigenvalue weighted by Crippen LogP contribution is -2.12. The van der Waals surface area contributed by atoms with Gasteiger partial charge in [0.2, 0.25) is 0 Å². The zero-order chi connectivity index (χ0) is 13.1. The Morgan fingerprint density at radius 2 is 1.61 bits per heavy atom. The monoisotopic (exact) mass is 252 g/mol. The van der Waals surface area contributed by atoms with Crippen molar-refractivity contribution >= 4 is 0 Å². The standard InChI is InChI=1S/C16H22F2/c1-3-4-14-15(17)9-13(10-16(14)18)12-7-5-11(2)6-8-12/h9-12H,3-8H2,1-2H3. The van der Waals surface area contributed by atoms with E-state index in [1.54, 1.807) is 12.1 Å². The minimum atomic E-state index is -0.356. The van der Waals surface area contributed by atoms with Crippen LogP contribution < -0.4 is 0 Å². The van der Waals surface area contributed by atoms with Gasteiger partial charge in [-0.1, -0.05) is 33.1 Å². The molecule has 1 aliphatic rings. The lowest BCUT2D eigenvalue weighted by atomic mass is 9.79. The van der Waals surface area contributed by atoms with Crippen LogP contribution in [0.2, 0.25) is 0 Å². The summed E-state index contributed by atoms with van der Waals surface area (Å²) in [5, 5.41) is 0. The fourth-order valence-corrected chi connectivity index (χ4v) is 2.94. The summed E-state index contributed by atoms with van der Waals surface area (Å²) in [6.07, 6.45) is 5.73. The Morgan fingerprint density at radius 1 is 1.06 bits per heavy atom. The van der Waals surface area contributed by atoms with Crippen molar-refractivity contribution in [3.63, 3.8) is 0 Å². The molecule has 0 nitrogen and oxygen atoms in total. The van der Waals surface area contributed by atoms with E-state index in [4.69, 9.17) is 0 Å². The Balaban J connectivity index is 2.19. The number of hydrogen-bond acceptors (Lipinski definition) is 0. The number of rotatable bonds is 3. The fourth-order valence-electron chi connectivity index (χ4n) is 2.94. The third kappa shape index (κ3) is 2.90. The van der Waals surface area contributed by atoms with E-state index in [-0.39, 0.29) is 17.2 Å². The van der Waals surface area contributed by atoms with Crippen molar-refractivity contribution in [3.8, 4) is 0 Å². The molecule has 0 bridgehead atoms. The minimum absolute atomic E-state index is 0.255. The third-order valence-corrected chi connectivity index (χ3v) is 4.15. The van der Waals surface area contributed by atoms with Crippen LogP contribution in [0.1, 0.15) is 63.0 Å². The van der Waals surface area contributed by atoms with Gasteiger partial charge in [-0.3, -0.25) is 0 Å². The molecule has 1 aliphatic carbocycles. The molecule has 1 saturated carbocycles. The van der Waals surface area contributed by atoms with Gasteiger partial charge in [0.1, 0.15) is 11.6 Å². The molecule has 100 valence electrons. The van der Waals surface area contributed by atoms with Gasteiger partial charge >= 0.3 is 0 Å². The normalized spacial score (nSPS) is 24.2. The molecule has 2 heteroatoms. The zero-order valence-electron chi connectivity index (χ0n) is 11.3. The second-order valence-electron chi connectivity index (χ2n) is 5.67. The van der Waals surface area contributed by atoms with Crippen LogP contribution in [0.25, 0.3) is 0 Å². The molecule has 0 spiro atoms. The van der Waals surface area contributed by atoms with Gasteiger partial charge in [0.25, 0.3) is 0 Å². The van der Waals surface area contributed by atoms with E-state index >= 15 is 0 Å². The summed E-state index contributed by atoms with van der Waals surface area (Å²) in [5.41, 5.74) is 1.11. The van der Waals surface area contributed by atoms with Gasteiger partial charge in [-0.2, -0.15) is 0 Å². The average molecular weight is 252 g/mol. The highest BCUT2D eigenvalue weighted by atomic mass is 19.1. The van der Waals surface area contributed by atoms with E-state index in [9.17, 15) is 8.78 Å². The smallest absolute Gasteiger partial charge is 0.129 e. The van der Waals surface area contributed by atoms with Gasteiger partial charge in [0.05, 0.1) is 0 Å². The second-order valence-corrected chi connectivity index (χ2v) is 5.67. The molecule has 0 saturated heterocycles. The molecule has 1 aromatic carbocycles. The number of hydrogen-bond donors (Lipinski definition) is 0. The van der Waals surface area contributed by atoms with Gasteiger partial charge in [-0.05, 0) is 48.8 Å². The maximum absolute atomic E-state index is 13.9. The van der Waals surface area contributed by atoms with E-state index in [0.29, 0.717) is 12.3 Å². The van der Waals surface area contributed by atoms with Crippen molar-refractivity contribution in [2.45, 2.75) is 58.3 Å². The maximum Gasteiger partial charge on any atom is 0.129 e. The maximum atomic E-state index is 13.9. The summed E-state index contributed by atoms with van der Waals surface area (Å²) in [5.74, 6) is 0.395. The van der Waals surface area contributed by atoms with E-state index in [2.05, 4.69) is 6.92 Å². The molecular formula is C16H22F2. The number of benzene rings is 1. The summed E-state index contributed by atoms with van der Waals surface area (Å²) in [7, 11) is 0. The van der Waals surface area contributed by atoms with E-state index in [1.807, 2.05) is 6.92 Å². The molecule has 0 amide bonds. The van der Waals surface area contributed by atoms with Crippen LogP contribution in [-0.4, -0.2) is 0 Å². The molecule has 0 N–H and O–H groups in total. The van der Waals surface area contributed by atoms with Gasteiger partial charge in [-0.25, -0.2) is 8.78 Å². The predicted molar refractivity (Wildman–Crippen MR) is 70.7 cm³/mol. The van der Waals surface area contributed by atoms with E-state index in [1.165, 1.54) is 12.8 Å². The molecule has 0 radical (unpaired) electrons. The first-order chi connectivity index (χ1) is 8.61. The molecule has 18 heavy (non-hydrogen) atoms. The van der Waals surface area contributed by atoms with Gasteiger partial charge in [0.15, 0.2) is 0 Å². The highest BCUT2D eigenvalue weighted by Crippen LogP contribution is 2.36. The van der Waals surface area contributed by atoms with Crippen LogP contribution in [0.3, 0.4) is 0 Å². The molecule has 2 rings (SSSR count). The second kappa shape index (κ2) is 5.81. The zero-order valence-corrected chi connectivity index (χ0v) is 11.3. The van der Waals surface area contributed by atoms with Crippen LogP contribution >= 0.6 is 0 Å². The van der Waals surface area contributed by atoms with Crippen molar-refractivity contribution in [3.05, 3.63) is 34.9 Å². The third-order valence-electron chi connectivity index (χ3n) is 4.15. The minimum Gasteiger partial charge on any atom is -0.207 e. The first-order valence-corrected chi connectivity index (χ1v) is 7.09. The molecule has 1 fully saturated rings. The van der Waals surface area contributed by atoms with Gasteiger partial charge in [0, 0.05) is 5.56 Å². The van der Waals surface area contributed by atoms with Crippen molar-refractivity contribution in [1.82, 2.24) is 0 Å². The molecule has 0 aliphatic heterocycles. The summed E-state index contributed by atoms with van der Waals surface area (Å²) < 4.78 is 27.8. The Kier molecular flexibility index (Phi) is 4.36. The van der Waals surface area contributed by atoms with Crippen molar-refractivity contribution in [2.24, 2.45) is 5.92 Å². The lowest BCUT2D eigenvalue weighted by Gasteiger charge is -2.26. The highest BCUT2D eigenvalue weighted by Gasteiger charge is 2.22. The summed E-state index contributed by atoms with van der Waals surface area (Å²) in [4.78, 5) is 0. The summed E-state index contributed by atoms with van der Waals surface area (Å²) in [6, 6.07) is 3.13. The highest BCUT2D eigenvalue weighted by molar-refractivity contribution is 5.29. The van der Waals surface area contributed by atoms with Crippen molar-refractivity contribution < 1.29 is 8.78 Å². The van der Waals surface area contributed by atoms with E-state index < -0.39 is 0 Å².